The van der Waals surface area contributed by atoms with Crippen molar-refractivity contribution in [3.8, 4) is 0 Å². The first kappa shape index (κ1) is 14.0. The fourth-order valence-corrected chi connectivity index (χ4v) is 2.60. The van der Waals surface area contributed by atoms with E-state index in [4.69, 9.17) is 0 Å². The summed E-state index contributed by atoms with van der Waals surface area (Å²) >= 11 is 0. The maximum Gasteiger partial charge on any atom is 0.271 e. The standard InChI is InChI=1S/C15H20N4O2/c1-10-8-17-13(9-16-10)14(20)18-12-4-6-19(7-5-12)15(21)11-2-3-11/h8-9,11-12H,2-7H2,1H3,(H,18,20). The summed E-state index contributed by atoms with van der Waals surface area (Å²) in [6.45, 7) is 3.31. The number of hydrogen-bond donors (Lipinski definition) is 1. The molecule has 1 aromatic heterocycles. The van der Waals surface area contributed by atoms with Crippen LogP contribution >= 0.6 is 0 Å². The third-order valence-electron chi connectivity index (χ3n) is 4.08. The summed E-state index contributed by atoms with van der Waals surface area (Å²) in [6.07, 6.45) is 6.79. The van der Waals surface area contributed by atoms with Crippen molar-refractivity contribution in [1.82, 2.24) is 20.2 Å². The Kier molecular flexibility index (Phi) is 3.86. The van der Waals surface area contributed by atoms with Crippen LogP contribution in [0.25, 0.3) is 0 Å². The highest BCUT2D eigenvalue weighted by atomic mass is 16.2. The number of amides is 2. The summed E-state index contributed by atoms with van der Waals surface area (Å²) in [5, 5.41) is 2.98. The zero-order valence-corrected chi connectivity index (χ0v) is 12.2. The van der Waals surface area contributed by atoms with Crippen molar-refractivity contribution in [2.24, 2.45) is 5.92 Å². The van der Waals surface area contributed by atoms with Crippen molar-refractivity contribution in [2.75, 3.05) is 13.1 Å². The Hall–Kier alpha value is -1.98. The monoisotopic (exact) mass is 288 g/mol. The Morgan fingerprint density at radius 2 is 1.86 bits per heavy atom. The molecule has 1 aliphatic carbocycles. The van der Waals surface area contributed by atoms with E-state index in [-0.39, 0.29) is 17.9 Å². The van der Waals surface area contributed by atoms with Gasteiger partial charge in [0.2, 0.25) is 5.91 Å². The maximum atomic E-state index is 12.1. The van der Waals surface area contributed by atoms with E-state index in [1.54, 1.807) is 6.20 Å². The van der Waals surface area contributed by atoms with Gasteiger partial charge in [-0.25, -0.2) is 4.98 Å². The molecule has 1 saturated heterocycles. The lowest BCUT2D eigenvalue weighted by Crippen LogP contribution is -2.47. The number of nitrogens with one attached hydrogen (secondary N) is 1. The number of rotatable bonds is 3. The van der Waals surface area contributed by atoms with Gasteiger partial charge in [-0.15, -0.1) is 0 Å². The van der Waals surface area contributed by atoms with E-state index in [1.165, 1.54) is 6.20 Å². The van der Waals surface area contributed by atoms with Crippen LogP contribution in [0.5, 0.6) is 0 Å². The first-order valence-corrected chi connectivity index (χ1v) is 7.52. The second-order valence-electron chi connectivity index (χ2n) is 5.89. The Balaban J connectivity index is 1.49. The Bertz CT molecular complexity index is 531. The second kappa shape index (κ2) is 5.79. The van der Waals surface area contributed by atoms with Crippen molar-refractivity contribution in [3.63, 3.8) is 0 Å². The van der Waals surface area contributed by atoms with Crippen LogP contribution in [0.15, 0.2) is 12.4 Å². The molecule has 0 spiro atoms. The minimum atomic E-state index is -0.186. The van der Waals surface area contributed by atoms with Crippen molar-refractivity contribution >= 4 is 11.8 Å². The molecular weight excluding hydrogens is 268 g/mol. The molecule has 0 atom stereocenters. The van der Waals surface area contributed by atoms with Gasteiger partial charge in [-0.05, 0) is 32.6 Å². The lowest BCUT2D eigenvalue weighted by molar-refractivity contribution is -0.133. The summed E-state index contributed by atoms with van der Waals surface area (Å²) in [7, 11) is 0. The third-order valence-corrected chi connectivity index (χ3v) is 4.08. The lowest BCUT2D eigenvalue weighted by atomic mass is 10.0. The van der Waals surface area contributed by atoms with Gasteiger partial charge >= 0.3 is 0 Å². The predicted octanol–water partition coefficient (Wildman–Crippen LogP) is 0.916. The van der Waals surface area contributed by atoms with Gasteiger partial charge < -0.3 is 10.2 Å². The van der Waals surface area contributed by atoms with Crippen LogP contribution in [-0.4, -0.2) is 45.8 Å². The molecule has 3 rings (SSSR count). The van der Waals surface area contributed by atoms with Crippen LogP contribution in [0.1, 0.15) is 41.9 Å². The molecule has 6 heteroatoms. The van der Waals surface area contributed by atoms with E-state index in [2.05, 4.69) is 15.3 Å². The van der Waals surface area contributed by atoms with Crippen molar-refractivity contribution in [1.29, 1.82) is 0 Å². The highest BCUT2D eigenvalue weighted by Crippen LogP contribution is 2.31. The van der Waals surface area contributed by atoms with Crippen LogP contribution < -0.4 is 5.32 Å². The normalized spacial score (nSPS) is 19.4. The van der Waals surface area contributed by atoms with Gasteiger partial charge in [0, 0.05) is 31.2 Å². The molecule has 0 radical (unpaired) electrons. The molecule has 1 N–H and O–H groups in total. The second-order valence-corrected chi connectivity index (χ2v) is 5.89. The molecule has 2 fully saturated rings. The topological polar surface area (TPSA) is 75.2 Å². The van der Waals surface area contributed by atoms with Gasteiger partial charge in [0.1, 0.15) is 5.69 Å². The van der Waals surface area contributed by atoms with E-state index in [9.17, 15) is 9.59 Å². The highest BCUT2D eigenvalue weighted by molar-refractivity contribution is 5.92. The molecule has 21 heavy (non-hydrogen) atoms. The Morgan fingerprint density at radius 3 is 2.43 bits per heavy atom. The number of carbonyl (C=O) groups excluding carboxylic acids is 2. The first-order valence-electron chi connectivity index (χ1n) is 7.52. The van der Waals surface area contributed by atoms with Crippen LogP contribution in [-0.2, 0) is 4.79 Å². The van der Waals surface area contributed by atoms with Crippen LogP contribution in [0.2, 0.25) is 0 Å². The van der Waals surface area contributed by atoms with Gasteiger partial charge in [0.05, 0.1) is 11.9 Å². The summed E-state index contributed by atoms with van der Waals surface area (Å²) < 4.78 is 0. The van der Waals surface area contributed by atoms with Gasteiger partial charge in [0.25, 0.3) is 5.91 Å². The molecule has 112 valence electrons. The Labute approximate surface area is 124 Å². The molecule has 2 heterocycles. The predicted molar refractivity (Wildman–Crippen MR) is 76.6 cm³/mol. The van der Waals surface area contributed by atoms with Crippen molar-refractivity contribution in [2.45, 2.75) is 38.6 Å². The SMILES string of the molecule is Cc1cnc(C(=O)NC2CCN(C(=O)C3CC3)CC2)cn1. The molecule has 6 nitrogen and oxygen atoms in total. The highest BCUT2D eigenvalue weighted by Gasteiger charge is 2.35. The van der Waals surface area contributed by atoms with E-state index in [1.807, 2.05) is 11.8 Å². The summed E-state index contributed by atoms with van der Waals surface area (Å²) in [5.74, 6) is 0.387. The largest absolute Gasteiger partial charge is 0.348 e. The maximum absolute atomic E-state index is 12.1. The minimum absolute atomic E-state index is 0.115. The summed E-state index contributed by atoms with van der Waals surface area (Å²) in [5.41, 5.74) is 1.13. The quantitative estimate of drug-likeness (QED) is 0.897. The molecule has 0 unspecified atom stereocenters. The van der Waals surface area contributed by atoms with Crippen LogP contribution in [0.4, 0.5) is 0 Å². The van der Waals surface area contributed by atoms with E-state index >= 15 is 0 Å². The van der Waals surface area contributed by atoms with E-state index < -0.39 is 0 Å². The van der Waals surface area contributed by atoms with Gasteiger partial charge in [0.15, 0.2) is 0 Å². The summed E-state index contributed by atoms with van der Waals surface area (Å²) in [6, 6.07) is 0.115. The number of likely N-dealkylation sites (tertiary alicyclic amines) is 1. The number of nitrogens with zero attached hydrogens (tertiary/aromatic N) is 3. The van der Waals surface area contributed by atoms with E-state index in [0.717, 1.165) is 44.5 Å². The molecule has 2 amide bonds. The zero-order valence-electron chi connectivity index (χ0n) is 12.2. The average molecular weight is 288 g/mol. The molecule has 2 aliphatic rings. The third kappa shape index (κ3) is 3.37. The van der Waals surface area contributed by atoms with Crippen molar-refractivity contribution in [3.05, 3.63) is 23.8 Å². The molecule has 1 aromatic rings. The first-order chi connectivity index (χ1) is 10.1. The number of carbonyl (C=O) groups is 2. The van der Waals surface area contributed by atoms with Crippen molar-refractivity contribution < 1.29 is 9.59 Å². The molecule has 1 aliphatic heterocycles. The average Bonchev–Trinajstić information content (AvgIpc) is 3.32. The molecule has 1 saturated carbocycles. The summed E-state index contributed by atoms with van der Waals surface area (Å²) in [4.78, 5) is 34.1. The number of piperidine rings is 1. The number of hydrogen-bond acceptors (Lipinski definition) is 4. The zero-order chi connectivity index (χ0) is 14.8. The molecule has 0 bridgehead atoms. The van der Waals surface area contributed by atoms with Gasteiger partial charge in [-0.1, -0.05) is 0 Å². The fourth-order valence-electron chi connectivity index (χ4n) is 2.60. The van der Waals surface area contributed by atoms with Crippen LogP contribution in [0, 0.1) is 12.8 Å². The lowest BCUT2D eigenvalue weighted by Gasteiger charge is -2.32. The van der Waals surface area contributed by atoms with E-state index in [0.29, 0.717) is 11.6 Å². The number of aryl methyl sites for hydroxylation is 1. The number of aromatic nitrogens is 2. The smallest absolute Gasteiger partial charge is 0.271 e. The van der Waals surface area contributed by atoms with Gasteiger partial charge in [-0.3, -0.25) is 14.6 Å². The Morgan fingerprint density at radius 1 is 1.14 bits per heavy atom. The molecular formula is C15H20N4O2. The van der Waals surface area contributed by atoms with Crippen LogP contribution in [0.3, 0.4) is 0 Å². The van der Waals surface area contributed by atoms with Gasteiger partial charge in [-0.2, -0.15) is 0 Å². The minimum Gasteiger partial charge on any atom is -0.348 e. The fraction of sp³-hybridized carbons (Fsp3) is 0.600. The molecule has 0 aromatic carbocycles.